The Morgan fingerprint density at radius 2 is 1.71 bits per heavy atom. The molecule has 0 radical (unpaired) electrons. The highest BCUT2D eigenvalue weighted by molar-refractivity contribution is 4.99. The molecule has 1 atom stereocenters. The molecule has 1 saturated carbocycles. The fourth-order valence-electron chi connectivity index (χ4n) is 4.22. The maximum atomic E-state index is 6.02. The van der Waals surface area contributed by atoms with E-state index in [4.69, 9.17) is 10.5 Å². The van der Waals surface area contributed by atoms with Crippen molar-refractivity contribution in [3.8, 4) is 0 Å². The number of piperidine rings is 1. The van der Waals surface area contributed by atoms with Gasteiger partial charge >= 0.3 is 0 Å². The van der Waals surface area contributed by atoms with Gasteiger partial charge in [-0.05, 0) is 50.6 Å². The maximum absolute atomic E-state index is 6.02. The van der Waals surface area contributed by atoms with Gasteiger partial charge in [0.2, 0.25) is 0 Å². The summed E-state index contributed by atoms with van der Waals surface area (Å²) < 4.78 is 5.60. The van der Waals surface area contributed by atoms with Crippen LogP contribution in [0.3, 0.4) is 0 Å². The van der Waals surface area contributed by atoms with Crippen molar-refractivity contribution < 1.29 is 4.74 Å². The van der Waals surface area contributed by atoms with E-state index in [1.165, 1.54) is 51.6 Å². The highest BCUT2D eigenvalue weighted by atomic mass is 16.5. The van der Waals surface area contributed by atoms with Crippen LogP contribution in [-0.2, 0) is 4.74 Å². The van der Waals surface area contributed by atoms with E-state index < -0.39 is 0 Å². The molecule has 2 heterocycles. The third kappa shape index (κ3) is 2.02. The molecular formula is C14H26N2O. The monoisotopic (exact) mass is 238 g/mol. The van der Waals surface area contributed by atoms with Crippen molar-refractivity contribution in [2.24, 2.45) is 11.1 Å². The smallest absolute Gasteiger partial charge is 0.0663 e. The van der Waals surface area contributed by atoms with E-state index in [-0.39, 0.29) is 5.54 Å². The zero-order valence-corrected chi connectivity index (χ0v) is 10.9. The number of hydrogen-bond acceptors (Lipinski definition) is 3. The van der Waals surface area contributed by atoms with Gasteiger partial charge in [0.1, 0.15) is 0 Å². The lowest BCUT2D eigenvalue weighted by atomic mass is 9.75. The van der Waals surface area contributed by atoms with Crippen LogP contribution in [-0.4, -0.2) is 43.3 Å². The Balaban J connectivity index is 1.64. The summed E-state index contributed by atoms with van der Waals surface area (Å²) >= 11 is 0. The molecule has 98 valence electrons. The van der Waals surface area contributed by atoms with Gasteiger partial charge in [0.25, 0.3) is 0 Å². The minimum atomic E-state index is 0.181. The SMILES string of the molecule is NCC1(N2CCC3(CCCC3)CC2)CCOC1. The highest BCUT2D eigenvalue weighted by Gasteiger charge is 2.44. The first kappa shape index (κ1) is 11.9. The largest absolute Gasteiger partial charge is 0.379 e. The van der Waals surface area contributed by atoms with E-state index in [2.05, 4.69) is 4.90 Å². The topological polar surface area (TPSA) is 38.5 Å². The van der Waals surface area contributed by atoms with E-state index in [0.717, 1.165) is 26.2 Å². The molecular weight excluding hydrogens is 212 g/mol. The maximum Gasteiger partial charge on any atom is 0.0663 e. The molecule has 2 aliphatic heterocycles. The minimum absolute atomic E-state index is 0.181. The van der Waals surface area contributed by atoms with Crippen molar-refractivity contribution in [1.82, 2.24) is 4.90 Å². The second kappa shape index (κ2) is 4.52. The summed E-state index contributed by atoms with van der Waals surface area (Å²) in [5, 5.41) is 0. The zero-order chi connectivity index (χ0) is 11.8. The highest BCUT2D eigenvalue weighted by Crippen LogP contribution is 2.47. The first-order valence-corrected chi connectivity index (χ1v) is 7.32. The van der Waals surface area contributed by atoms with Crippen LogP contribution in [0.4, 0.5) is 0 Å². The molecule has 0 amide bonds. The van der Waals surface area contributed by atoms with Crippen molar-refractivity contribution in [3.05, 3.63) is 0 Å². The molecule has 1 aliphatic carbocycles. The summed E-state index contributed by atoms with van der Waals surface area (Å²) in [6.45, 7) is 5.02. The Morgan fingerprint density at radius 1 is 1.00 bits per heavy atom. The van der Waals surface area contributed by atoms with Gasteiger partial charge in [-0.25, -0.2) is 0 Å². The lowest BCUT2D eigenvalue weighted by Crippen LogP contribution is -2.57. The van der Waals surface area contributed by atoms with Gasteiger partial charge in [0, 0.05) is 13.2 Å². The summed E-state index contributed by atoms with van der Waals surface area (Å²) in [5.41, 5.74) is 6.92. The number of ether oxygens (including phenoxy) is 1. The normalized spacial score (nSPS) is 37.9. The summed E-state index contributed by atoms with van der Waals surface area (Å²) in [6.07, 6.45) is 9.82. The Kier molecular flexibility index (Phi) is 3.18. The van der Waals surface area contributed by atoms with Crippen molar-refractivity contribution in [1.29, 1.82) is 0 Å². The molecule has 0 bridgehead atoms. The predicted octanol–water partition coefficient (Wildman–Crippen LogP) is 1.76. The van der Waals surface area contributed by atoms with Crippen LogP contribution in [0.25, 0.3) is 0 Å². The number of nitrogens with two attached hydrogens (primary N) is 1. The van der Waals surface area contributed by atoms with Gasteiger partial charge in [-0.3, -0.25) is 4.90 Å². The van der Waals surface area contributed by atoms with Gasteiger partial charge in [-0.15, -0.1) is 0 Å². The lowest BCUT2D eigenvalue weighted by Gasteiger charge is -2.47. The molecule has 0 aromatic heterocycles. The average Bonchev–Trinajstić information content (AvgIpc) is 3.01. The van der Waals surface area contributed by atoms with Crippen LogP contribution in [0.1, 0.15) is 44.9 Å². The molecule has 3 fully saturated rings. The molecule has 1 spiro atoms. The summed E-state index contributed by atoms with van der Waals surface area (Å²) in [4.78, 5) is 2.64. The molecule has 0 aromatic rings. The summed E-state index contributed by atoms with van der Waals surface area (Å²) in [5.74, 6) is 0. The van der Waals surface area contributed by atoms with Crippen LogP contribution >= 0.6 is 0 Å². The zero-order valence-electron chi connectivity index (χ0n) is 10.9. The Hall–Kier alpha value is -0.120. The minimum Gasteiger partial charge on any atom is -0.379 e. The third-order valence-corrected chi connectivity index (χ3v) is 5.62. The first-order valence-electron chi connectivity index (χ1n) is 7.32. The number of nitrogens with zero attached hydrogens (tertiary/aromatic N) is 1. The fourth-order valence-corrected chi connectivity index (χ4v) is 4.22. The second-order valence-electron chi connectivity index (χ2n) is 6.43. The van der Waals surface area contributed by atoms with Crippen molar-refractivity contribution in [2.45, 2.75) is 50.5 Å². The summed E-state index contributed by atoms with van der Waals surface area (Å²) in [7, 11) is 0. The van der Waals surface area contributed by atoms with Gasteiger partial charge in [0.15, 0.2) is 0 Å². The van der Waals surface area contributed by atoms with Crippen molar-refractivity contribution >= 4 is 0 Å². The Morgan fingerprint density at radius 3 is 2.24 bits per heavy atom. The van der Waals surface area contributed by atoms with Crippen LogP contribution in [0, 0.1) is 5.41 Å². The van der Waals surface area contributed by atoms with E-state index in [9.17, 15) is 0 Å². The molecule has 1 unspecified atom stereocenters. The molecule has 3 aliphatic rings. The van der Waals surface area contributed by atoms with Crippen molar-refractivity contribution in [2.75, 3.05) is 32.8 Å². The molecule has 3 nitrogen and oxygen atoms in total. The fraction of sp³-hybridized carbons (Fsp3) is 1.00. The Bertz CT molecular complexity index is 257. The van der Waals surface area contributed by atoms with E-state index >= 15 is 0 Å². The van der Waals surface area contributed by atoms with E-state index in [1.807, 2.05) is 0 Å². The molecule has 2 saturated heterocycles. The average molecular weight is 238 g/mol. The van der Waals surface area contributed by atoms with Crippen LogP contribution in [0.15, 0.2) is 0 Å². The number of hydrogen-bond donors (Lipinski definition) is 1. The molecule has 2 N–H and O–H groups in total. The predicted molar refractivity (Wildman–Crippen MR) is 68.9 cm³/mol. The third-order valence-electron chi connectivity index (χ3n) is 5.62. The number of rotatable bonds is 2. The van der Waals surface area contributed by atoms with Crippen LogP contribution in [0.2, 0.25) is 0 Å². The van der Waals surface area contributed by atoms with Gasteiger partial charge < -0.3 is 10.5 Å². The first-order chi connectivity index (χ1) is 8.29. The molecule has 17 heavy (non-hydrogen) atoms. The molecule has 3 rings (SSSR count). The Labute approximate surface area is 105 Å². The lowest BCUT2D eigenvalue weighted by molar-refractivity contribution is 0.0150. The van der Waals surface area contributed by atoms with E-state index in [0.29, 0.717) is 5.41 Å². The van der Waals surface area contributed by atoms with Gasteiger partial charge in [0.05, 0.1) is 12.1 Å². The van der Waals surface area contributed by atoms with Gasteiger partial charge in [-0.2, -0.15) is 0 Å². The van der Waals surface area contributed by atoms with Gasteiger partial charge in [-0.1, -0.05) is 12.8 Å². The van der Waals surface area contributed by atoms with E-state index in [1.54, 1.807) is 0 Å². The quantitative estimate of drug-likeness (QED) is 0.796. The molecule has 0 aromatic carbocycles. The number of likely N-dealkylation sites (tertiary alicyclic amines) is 1. The second-order valence-corrected chi connectivity index (χ2v) is 6.43. The van der Waals surface area contributed by atoms with Crippen LogP contribution < -0.4 is 5.73 Å². The molecule has 3 heteroatoms. The van der Waals surface area contributed by atoms with Crippen LogP contribution in [0.5, 0.6) is 0 Å². The standard InChI is InChI=1S/C14H26N2O/c15-11-14(7-10-17-12-14)16-8-5-13(6-9-16)3-1-2-4-13/h1-12,15H2. The van der Waals surface area contributed by atoms with Crippen molar-refractivity contribution in [3.63, 3.8) is 0 Å². The summed E-state index contributed by atoms with van der Waals surface area (Å²) in [6, 6.07) is 0.